The maximum absolute atomic E-state index is 15.0. The molecule has 0 spiro atoms. The van der Waals surface area contributed by atoms with E-state index in [9.17, 15) is 14.0 Å². The van der Waals surface area contributed by atoms with Crippen molar-refractivity contribution in [1.82, 2.24) is 15.2 Å². The van der Waals surface area contributed by atoms with Crippen LogP contribution >= 0.6 is 0 Å². The van der Waals surface area contributed by atoms with Crippen molar-refractivity contribution in [3.8, 4) is 23.0 Å². The molecule has 0 bridgehead atoms. The number of carbonyl (C=O) groups excluding carboxylic acids is 2. The first kappa shape index (κ1) is 29.7. The van der Waals surface area contributed by atoms with Crippen molar-refractivity contribution < 1.29 is 37.3 Å². The van der Waals surface area contributed by atoms with Gasteiger partial charge in [-0.25, -0.2) is 13.6 Å². The van der Waals surface area contributed by atoms with Gasteiger partial charge in [-0.2, -0.15) is 0 Å². The molecule has 3 aromatic carbocycles. The van der Waals surface area contributed by atoms with Gasteiger partial charge in [0.15, 0.2) is 23.1 Å². The molecule has 0 saturated carbocycles. The molecular weight excluding hydrogens is 562 g/mol. The van der Waals surface area contributed by atoms with Crippen LogP contribution in [-0.2, 0) is 16.0 Å². The Hall–Kier alpha value is -4.81. The lowest BCUT2D eigenvalue weighted by Gasteiger charge is -2.26. The highest BCUT2D eigenvalue weighted by Gasteiger charge is 2.16. The van der Waals surface area contributed by atoms with Crippen LogP contribution in [0, 0.1) is 11.6 Å². The Morgan fingerprint density at radius 1 is 0.953 bits per heavy atom. The summed E-state index contributed by atoms with van der Waals surface area (Å²) in [4.78, 5) is 31.0. The number of fused-ring (bicyclic) bond motifs is 1. The number of imide groups is 1. The number of urea groups is 1. The number of nitrogens with one attached hydrogen (secondary N) is 2. The van der Waals surface area contributed by atoms with Crippen molar-refractivity contribution >= 4 is 28.5 Å². The fraction of sp³-hybridized carbons (Fsp3) is 0.258. The van der Waals surface area contributed by atoms with Gasteiger partial charge in [-0.1, -0.05) is 18.2 Å². The second-order valence-corrected chi connectivity index (χ2v) is 9.65. The zero-order valence-electron chi connectivity index (χ0n) is 23.4. The number of halogens is 2. The molecule has 43 heavy (non-hydrogen) atoms. The molecule has 1 aromatic heterocycles. The Kier molecular flexibility index (Phi) is 9.59. The molecule has 2 heterocycles. The first-order chi connectivity index (χ1) is 20.9. The number of ether oxygens (including phenoxy) is 4. The molecule has 0 aliphatic carbocycles. The Labute approximate surface area is 246 Å². The van der Waals surface area contributed by atoms with E-state index in [1.54, 1.807) is 24.3 Å². The van der Waals surface area contributed by atoms with E-state index >= 15 is 4.39 Å². The van der Waals surface area contributed by atoms with E-state index in [4.69, 9.17) is 18.9 Å². The third kappa shape index (κ3) is 7.73. The summed E-state index contributed by atoms with van der Waals surface area (Å²) in [6.07, 6.45) is 1.21. The molecule has 12 heteroatoms. The van der Waals surface area contributed by atoms with Crippen molar-refractivity contribution in [2.45, 2.75) is 6.42 Å². The number of morpholine rings is 1. The molecule has 10 nitrogen and oxygen atoms in total. The summed E-state index contributed by atoms with van der Waals surface area (Å²) in [5.41, 5.74) is 0.797. The van der Waals surface area contributed by atoms with Crippen LogP contribution in [0.25, 0.3) is 10.9 Å². The van der Waals surface area contributed by atoms with Crippen LogP contribution < -0.4 is 24.8 Å². The summed E-state index contributed by atoms with van der Waals surface area (Å²) in [7, 11) is 1.53. The molecular formula is C31H30F2N4O6. The maximum atomic E-state index is 15.0. The number of carbonyl (C=O) groups is 2. The number of rotatable bonds is 10. The van der Waals surface area contributed by atoms with E-state index in [2.05, 4.69) is 20.5 Å². The highest BCUT2D eigenvalue weighted by atomic mass is 19.1. The number of amides is 3. The molecule has 3 amide bonds. The quantitative estimate of drug-likeness (QED) is 0.267. The predicted octanol–water partition coefficient (Wildman–Crippen LogP) is 4.92. The molecule has 224 valence electrons. The lowest BCUT2D eigenvalue weighted by molar-refractivity contribution is -0.119. The largest absolute Gasteiger partial charge is 0.493 e. The van der Waals surface area contributed by atoms with Crippen LogP contribution in [0.2, 0.25) is 0 Å². The summed E-state index contributed by atoms with van der Waals surface area (Å²) in [5, 5.41) is 5.06. The lowest BCUT2D eigenvalue weighted by Crippen LogP contribution is -2.38. The summed E-state index contributed by atoms with van der Waals surface area (Å²) >= 11 is 0. The minimum Gasteiger partial charge on any atom is -0.493 e. The summed E-state index contributed by atoms with van der Waals surface area (Å²) in [5.74, 6) is -0.783. The number of hydrogen-bond acceptors (Lipinski definition) is 8. The fourth-order valence-electron chi connectivity index (χ4n) is 4.53. The summed E-state index contributed by atoms with van der Waals surface area (Å²) in [6.45, 7) is 4.34. The lowest BCUT2D eigenvalue weighted by atomic mass is 10.1. The normalized spacial score (nSPS) is 13.4. The van der Waals surface area contributed by atoms with Crippen LogP contribution in [0.1, 0.15) is 5.56 Å². The van der Waals surface area contributed by atoms with E-state index in [0.29, 0.717) is 48.0 Å². The van der Waals surface area contributed by atoms with Crippen LogP contribution in [-0.4, -0.2) is 68.4 Å². The van der Waals surface area contributed by atoms with Gasteiger partial charge < -0.3 is 24.3 Å². The van der Waals surface area contributed by atoms with E-state index < -0.39 is 23.6 Å². The third-order valence-electron chi connectivity index (χ3n) is 6.73. The van der Waals surface area contributed by atoms with Gasteiger partial charge in [-0.3, -0.25) is 20.0 Å². The molecule has 5 rings (SSSR count). The van der Waals surface area contributed by atoms with Gasteiger partial charge in [0, 0.05) is 49.0 Å². The Bertz CT molecular complexity index is 1610. The average molecular weight is 593 g/mol. The fourth-order valence-corrected chi connectivity index (χ4v) is 4.53. The van der Waals surface area contributed by atoms with Crippen molar-refractivity contribution in [3.63, 3.8) is 0 Å². The van der Waals surface area contributed by atoms with Gasteiger partial charge in [-0.05, 0) is 35.9 Å². The number of methoxy groups -OCH3 is 1. The molecule has 4 aromatic rings. The first-order valence-electron chi connectivity index (χ1n) is 13.6. The van der Waals surface area contributed by atoms with Crippen LogP contribution in [0.3, 0.4) is 0 Å². The summed E-state index contributed by atoms with van der Waals surface area (Å²) in [6, 6.07) is 13.8. The molecule has 0 unspecified atom stereocenters. The van der Waals surface area contributed by atoms with Gasteiger partial charge in [0.2, 0.25) is 5.91 Å². The van der Waals surface area contributed by atoms with Crippen molar-refractivity contribution in [2.24, 2.45) is 0 Å². The van der Waals surface area contributed by atoms with Crippen molar-refractivity contribution in [3.05, 3.63) is 84.1 Å². The smallest absolute Gasteiger partial charge is 0.325 e. The number of anilines is 1. The van der Waals surface area contributed by atoms with Crippen molar-refractivity contribution in [1.29, 1.82) is 0 Å². The standard InChI is InChI=1S/C31H30F2N4O6/c1-40-28-18-22-25(19-29(28)42-15-12-37-10-13-41-14-11-37)34-9-8-26(22)43-27-7-6-21(17-24(27)33)35-31(39)36-30(38)16-20-4-2-3-5-23(20)32/h2-9,17-19H,10-16H2,1H3,(H2,35,36,38,39). The maximum Gasteiger partial charge on any atom is 0.325 e. The first-order valence-corrected chi connectivity index (χ1v) is 13.6. The monoisotopic (exact) mass is 592 g/mol. The SMILES string of the molecule is COc1cc2c(Oc3ccc(NC(=O)NC(=O)Cc4ccccc4F)cc3F)ccnc2cc1OCCN1CCOCC1. The van der Waals surface area contributed by atoms with Gasteiger partial charge in [0.1, 0.15) is 18.2 Å². The van der Waals surface area contributed by atoms with E-state index in [1.807, 2.05) is 0 Å². The van der Waals surface area contributed by atoms with Crippen LogP contribution in [0.5, 0.6) is 23.0 Å². The van der Waals surface area contributed by atoms with Crippen LogP contribution in [0.4, 0.5) is 19.3 Å². The molecule has 1 saturated heterocycles. The number of hydrogen-bond donors (Lipinski definition) is 2. The molecule has 1 aliphatic rings. The second-order valence-electron chi connectivity index (χ2n) is 9.65. The Morgan fingerprint density at radius 3 is 2.53 bits per heavy atom. The minimum absolute atomic E-state index is 0.0844. The predicted molar refractivity (Wildman–Crippen MR) is 155 cm³/mol. The third-order valence-corrected chi connectivity index (χ3v) is 6.73. The topological polar surface area (TPSA) is 111 Å². The second kappa shape index (κ2) is 13.9. The van der Waals surface area contributed by atoms with Crippen LogP contribution in [0.15, 0.2) is 66.9 Å². The van der Waals surface area contributed by atoms with E-state index in [0.717, 1.165) is 25.7 Å². The van der Waals surface area contributed by atoms with Gasteiger partial charge >= 0.3 is 6.03 Å². The van der Waals surface area contributed by atoms with Gasteiger partial charge in [-0.15, -0.1) is 0 Å². The highest BCUT2D eigenvalue weighted by molar-refractivity contribution is 6.01. The zero-order valence-corrected chi connectivity index (χ0v) is 23.4. The molecule has 1 aliphatic heterocycles. The molecule has 2 N–H and O–H groups in total. The minimum atomic E-state index is -0.885. The van der Waals surface area contributed by atoms with Gasteiger partial charge in [0.25, 0.3) is 0 Å². The number of benzene rings is 3. The number of aromatic nitrogens is 1. The molecule has 0 atom stereocenters. The molecule has 1 fully saturated rings. The van der Waals surface area contributed by atoms with E-state index in [1.165, 1.54) is 43.6 Å². The number of pyridine rings is 1. The Balaban J connectivity index is 1.22. The van der Waals surface area contributed by atoms with Gasteiger partial charge in [0.05, 0.1) is 32.3 Å². The Morgan fingerprint density at radius 2 is 1.77 bits per heavy atom. The number of nitrogens with zero attached hydrogens (tertiary/aromatic N) is 2. The zero-order chi connectivity index (χ0) is 30.2. The van der Waals surface area contributed by atoms with E-state index in [-0.39, 0.29) is 23.4 Å². The molecule has 0 radical (unpaired) electrons. The average Bonchev–Trinajstić information content (AvgIpc) is 3.00. The summed E-state index contributed by atoms with van der Waals surface area (Å²) < 4.78 is 51.6. The highest BCUT2D eigenvalue weighted by Crippen LogP contribution is 2.37. The van der Waals surface area contributed by atoms with Crippen molar-refractivity contribution in [2.75, 3.05) is 51.9 Å².